The van der Waals surface area contributed by atoms with Crippen LogP contribution in [0.15, 0.2) is 59.5 Å². The Balaban J connectivity index is 1.45. The highest BCUT2D eigenvalue weighted by Gasteiger charge is 2.32. The third kappa shape index (κ3) is 6.93. The third-order valence-corrected chi connectivity index (χ3v) is 6.47. The fourth-order valence-corrected chi connectivity index (χ4v) is 4.34. The van der Waals surface area contributed by atoms with E-state index < -0.39 is 39.1 Å². The Morgan fingerprint density at radius 2 is 1.67 bits per heavy atom. The number of piperidine rings is 1. The molecule has 1 saturated heterocycles. The normalized spacial score (nSPS) is 15.2. The first-order valence-electron chi connectivity index (χ1n) is 10.1. The summed E-state index contributed by atoms with van der Waals surface area (Å²) in [6.45, 7) is 0.187. The molecule has 0 aromatic heterocycles. The first-order valence-corrected chi connectivity index (χ1v) is 11.6. The van der Waals surface area contributed by atoms with Crippen LogP contribution in [0.3, 0.4) is 0 Å². The second-order valence-corrected chi connectivity index (χ2v) is 9.24. The van der Waals surface area contributed by atoms with Crippen LogP contribution in [0.1, 0.15) is 18.4 Å². The maximum atomic E-state index is 12.8. The number of benzene rings is 2. The quantitative estimate of drug-likeness (QED) is 0.586. The van der Waals surface area contributed by atoms with Crippen molar-refractivity contribution < 1.29 is 31.2 Å². The van der Waals surface area contributed by atoms with Crippen LogP contribution >= 0.6 is 0 Å². The van der Waals surface area contributed by atoms with Gasteiger partial charge in [0, 0.05) is 24.8 Å². The second-order valence-electron chi connectivity index (χ2n) is 7.48. The van der Waals surface area contributed by atoms with Gasteiger partial charge in [0.05, 0.1) is 17.0 Å². The molecule has 1 heterocycles. The Morgan fingerprint density at radius 1 is 1.00 bits per heavy atom. The van der Waals surface area contributed by atoms with Crippen molar-refractivity contribution in [2.24, 2.45) is 0 Å². The van der Waals surface area contributed by atoms with Crippen LogP contribution in [-0.2, 0) is 21.0 Å². The van der Waals surface area contributed by atoms with E-state index in [1.165, 1.54) is 0 Å². The number of sulfonamides is 1. The fourth-order valence-electron chi connectivity index (χ4n) is 3.31. The van der Waals surface area contributed by atoms with E-state index in [1.54, 1.807) is 29.2 Å². The number of anilines is 1. The fraction of sp³-hybridized carbons (Fsp3) is 0.333. The Labute approximate surface area is 189 Å². The van der Waals surface area contributed by atoms with Gasteiger partial charge in [-0.15, -0.1) is 0 Å². The molecule has 1 aliphatic heterocycles. The number of urea groups is 1. The van der Waals surface area contributed by atoms with E-state index in [4.69, 9.17) is 0 Å². The van der Waals surface area contributed by atoms with Gasteiger partial charge < -0.3 is 15.5 Å². The minimum atomic E-state index is -4.68. The number of halogens is 3. The number of hydrogen-bond donors (Lipinski definition) is 3. The topological polar surface area (TPSA) is 108 Å². The number of rotatable bonds is 6. The zero-order valence-corrected chi connectivity index (χ0v) is 18.2. The van der Waals surface area contributed by atoms with E-state index in [0.717, 1.165) is 18.2 Å². The second kappa shape index (κ2) is 10.2. The van der Waals surface area contributed by atoms with Crippen LogP contribution in [-0.4, -0.2) is 50.9 Å². The molecule has 0 unspecified atom stereocenters. The molecule has 178 valence electrons. The third-order valence-electron chi connectivity index (χ3n) is 5.07. The first kappa shape index (κ1) is 24.5. The van der Waals surface area contributed by atoms with Crippen molar-refractivity contribution in [3.05, 3.63) is 60.2 Å². The van der Waals surface area contributed by atoms with Gasteiger partial charge in [-0.25, -0.2) is 17.9 Å². The monoisotopic (exact) mass is 484 g/mol. The Morgan fingerprint density at radius 3 is 2.30 bits per heavy atom. The lowest BCUT2D eigenvalue weighted by molar-refractivity contribution is -0.137. The molecule has 2 aromatic carbocycles. The Kier molecular flexibility index (Phi) is 7.59. The number of nitrogens with one attached hydrogen (secondary N) is 3. The van der Waals surface area contributed by atoms with Gasteiger partial charge in [-0.1, -0.05) is 24.3 Å². The zero-order valence-electron chi connectivity index (χ0n) is 17.4. The lowest BCUT2D eigenvalue weighted by Gasteiger charge is -2.32. The molecule has 0 spiro atoms. The molecule has 0 atom stereocenters. The first-order chi connectivity index (χ1) is 15.5. The summed E-state index contributed by atoms with van der Waals surface area (Å²) in [5.74, 6) is -0.613. The molecule has 0 bridgehead atoms. The number of alkyl halides is 3. The molecule has 3 amide bonds. The van der Waals surface area contributed by atoms with Crippen LogP contribution in [0.25, 0.3) is 0 Å². The number of para-hydroxylation sites is 1. The molecule has 2 aromatic rings. The number of likely N-dealkylation sites (tertiary alicyclic amines) is 1. The molecule has 12 heteroatoms. The average molecular weight is 485 g/mol. The molecule has 3 rings (SSSR count). The summed E-state index contributed by atoms with van der Waals surface area (Å²) in [5, 5.41) is 5.47. The van der Waals surface area contributed by atoms with Crippen molar-refractivity contribution in [1.82, 2.24) is 14.9 Å². The van der Waals surface area contributed by atoms with Crippen LogP contribution in [0.4, 0.5) is 23.7 Å². The molecule has 0 aliphatic carbocycles. The molecule has 0 saturated carbocycles. The Bertz CT molecular complexity index is 1090. The summed E-state index contributed by atoms with van der Waals surface area (Å²) >= 11 is 0. The summed E-state index contributed by atoms with van der Waals surface area (Å²) in [6.07, 6.45) is -3.72. The van der Waals surface area contributed by atoms with Crippen molar-refractivity contribution >= 4 is 27.6 Å². The van der Waals surface area contributed by atoms with Crippen LogP contribution in [0, 0.1) is 0 Å². The average Bonchev–Trinajstić information content (AvgIpc) is 2.78. The number of nitrogens with zero attached hydrogens (tertiary/aromatic N) is 1. The van der Waals surface area contributed by atoms with E-state index in [1.807, 2.05) is 10.8 Å². The van der Waals surface area contributed by atoms with Gasteiger partial charge in [0.2, 0.25) is 15.9 Å². The van der Waals surface area contributed by atoms with Crippen LogP contribution in [0.5, 0.6) is 0 Å². The van der Waals surface area contributed by atoms with Crippen molar-refractivity contribution in [3.8, 4) is 0 Å². The zero-order chi connectivity index (χ0) is 24.1. The molecule has 1 aliphatic rings. The molecule has 0 radical (unpaired) electrons. The standard InChI is InChI=1S/C21H23F3N4O4S/c22-21(23,24)15-5-4-8-18(13-15)33(31,32)25-14-19(29)26-17-9-11-28(12-10-17)20(30)27-16-6-2-1-3-7-16/h1-8,13,17,25H,9-12,14H2,(H,26,29)(H,27,30). The van der Waals surface area contributed by atoms with E-state index >= 15 is 0 Å². The van der Waals surface area contributed by atoms with Gasteiger partial charge in [-0.2, -0.15) is 13.2 Å². The minimum Gasteiger partial charge on any atom is -0.352 e. The smallest absolute Gasteiger partial charge is 0.352 e. The van der Waals surface area contributed by atoms with Gasteiger partial charge in [-0.05, 0) is 43.2 Å². The lowest BCUT2D eigenvalue weighted by atomic mass is 10.1. The number of carbonyl (C=O) groups is 2. The molecule has 1 fully saturated rings. The maximum Gasteiger partial charge on any atom is 0.416 e. The highest BCUT2D eigenvalue weighted by atomic mass is 32.2. The summed E-state index contributed by atoms with van der Waals surface area (Å²) in [7, 11) is -4.30. The number of carbonyl (C=O) groups excluding carboxylic acids is 2. The summed E-state index contributed by atoms with van der Waals surface area (Å²) in [5.41, 5.74) is -0.427. The number of amides is 3. The van der Waals surface area contributed by atoms with Crippen LogP contribution < -0.4 is 15.4 Å². The van der Waals surface area contributed by atoms with E-state index in [9.17, 15) is 31.2 Å². The van der Waals surface area contributed by atoms with Gasteiger partial charge in [0.1, 0.15) is 0 Å². The molecule has 33 heavy (non-hydrogen) atoms. The summed E-state index contributed by atoms with van der Waals surface area (Å²) in [6, 6.07) is 11.8. The molecule has 8 nitrogen and oxygen atoms in total. The van der Waals surface area contributed by atoms with Gasteiger partial charge in [0.15, 0.2) is 0 Å². The van der Waals surface area contributed by atoms with E-state index in [2.05, 4.69) is 10.6 Å². The maximum absolute atomic E-state index is 12.8. The van der Waals surface area contributed by atoms with E-state index in [0.29, 0.717) is 37.7 Å². The van der Waals surface area contributed by atoms with Gasteiger partial charge >= 0.3 is 12.2 Å². The lowest BCUT2D eigenvalue weighted by Crippen LogP contribution is -2.49. The van der Waals surface area contributed by atoms with Crippen molar-refractivity contribution in [1.29, 1.82) is 0 Å². The summed E-state index contributed by atoms with van der Waals surface area (Å²) in [4.78, 5) is 25.5. The highest BCUT2D eigenvalue weighted by Crippen LogP contribution is 2.30. The minimum absolute atomic E-state index is 0.250. The predicted octanol–water partition coefficient (Wildman–Crippen LogP) is 2.80. The van der Waals surface area contributed by atoms with Crippen molar-refractivity contribution in [2.75, 3.05) is 25.0 Å². The van der Waals surface area contributed by atoms with Crippen molar-refractivity contribution in [3.63, 3.8) is 0 Å². The molecular formula is C21H23F3N4O4S. The van der Waals surface area contributed by atoms with Gasteiger partial charge in [-0.3, -0.25) is 4.79 Å². The predicted molar refractivity (Wildman–Crippen MR) is 115 cm³/mol. The molecule has 3 N–H and O–H groups in total. The van der Waals surface area contributed by atoms with Crippen LogP contribution in [0.2, 0.25) is 0 Å². The van der Waals surface area contributed by atoms with E-state index in [-0.39, 0.29) is 12.1 Å². The number of hydrogen-bond acceptors (Lipinski definition) is 4. The Hall–Kier alpha value is -3.12. The van der Waals surface area contributed by atoms with Crippen molar-refractivity contribution in [2.45, 2.75) is 30.0 Å². The van der Waals surface area contributed by atoms with Gasteiger partial charge in [0.25, 0.3) is 0 Å². The summed E-state index contributed by atoms with van der Waals surface area (Å²) < 4.78 is 65.0. The molecular weight excluding hydrogens is 461 g/mol. The SMILES string of the molecule is O=C(CNS(=O)(=O)c1cccc(C(F)(F)F)c1)NC1CCN(C(=O)Nc2ccccc2)CC1. The largest absolute Gasteiger partial charge is 0.416 e. The highest BCUT2D eigenvalue weighted by molar-refractivity contribution is 7.89.